The largest absolute Gasteiger partial charge is 0.416 e. The van der Waals surface area contributed by atoms with Gasteiger partial charge >= 0.3 is 6.18 Å². The Labute approximate surface area is 169 Å². The first-order valence-electron chi connectivity index (χ1n) is 9.55. The first-order valence-corrected chi connectivity index (χ1v) is 11.0. The van der Waals surface area contributed by atoms with Crippen molar-refractivity contribution < 1.29 is 26.4 Å². The van der Waals surface area contributed by atoms with Gasteiger partial charge in [-0.25, -0.2) is 13.1 Å². The summed E-state index contributed by atoms with van der Waals surface area (Å²) in [6.45, 7) is 8.22. The Hall–Kier alpha value is -1.65. The molecule has 1 amide bonds. The molecule has 10 heteroatoms. The molecule has 0 bridgehead atoms. The van der Waals surface area contributed by atoms with E-state index in [1.807, 2.05) is 6.92 Å². The van der Waals surface area contributed by atoms with Crippen molar-refractivity contribution in [3.63, 3.8) is 0 Å². The van der Waals surface area contributed by atoms with E-state index in [0.29, 0.717) is 24.4 Å². The lowest BCUT2D eigenvalue weighted by Gasteiger charge is -2.36. The number of hydrogen-bond acceptors (Lipinski definition) is 4. The van der Waals surface area contributed by atoms with Gasteiger partial charge in [-0.15, -0.1) is 0 Å². The Morgan fingerprint density at radius 2 is 1.86 bits per heavy atom. The van der Waals surface area contributed by atoms with Crippen LogP contribution in [0.3, 0.4) is 0 Å². The predicted molar refractivity (Wildman–Crippen MR) is 104 cm³/mol. The number of hydrogen-bond donors (Lipinski definition) is 2. The van der Waals surface area contributed by atoms with Crippen LogP contribution in [-0.4, -0.2) is 51.4 Å². The molecule has 0 radical (unpaired) electrons. The number of carbonyl (C=O) groups excluding carboxylic acids is 1. The van der Waals surface area contributed by atoms with E-state index in [2.05, 4.69) is 28.8 Å². The van der Waals surface area contributed by atoms with Gasteiger partial charge in [-0.05, 0) is 43.4 Å². The summed E-state index contributed by atoms with van der Waals surface area (Å²) < 4.78 is 64.8. The van der Waals surface area contributed by atoms with Crippen molar-refractivity contribution in [2.24, 2.45) is 11.8 Å². The number of halogens is 3. The molecule has 0 spiro atoms. The van der Waals surface area contributed by atoms with Gasteiger partial charge in [0.25, 0.3) is 0 Å². The third-order valence-corrected chi connectivity index (χ3v) is 6.18. The Morgan fingerprint density at radius 1 is 1.24 bits per heavy atom. The number of benzene rings is 1. The quantitative estimate of drug-likeness (QED) is 0.690. The lowest BCUT2D eigenvalue weighted by Crippen LogP contribution is -2.48. The van der Waals surface area contributed by atoms with Crippen LogP contribution < -0.4 is 10.0 Å². The maximum atomic E-state index is 12.8. The van der Waals surface area contributed by atoms with Crippen LogP contribution in [0.25, 0.3) is 0 Å². The number of alkyl halides is 3. The second kappa shape index (κ2) is 9.44. The molecular formula is C19H28F3N3O3S. The number of amides is 1. The Bertz CT molecular complexity index is 804. The van der Waals surface area contributed by atoms with Gasteiger partial charge < -0.3 is 10.2 Å². The first-order chi connectivity index (χ1) is 13.4. The molecule has 164 valence electrons. The minimum absolute atomic E-state index is 0.182. The first kappa shape index (κ1) is 23.6. The van der Waals surface area contributed by atoms with E-state index in [-0.39, 0.29) is 6.04 Å². The van der Waals surface area contributed by atoms with Crippen molar-refractivity contribution in [2.45, 2.75) is 44.3 Å². The third-order valence-electron chi connectivity index (χ3n) is 4.78. The fraction of sp³-hybridized carbons (Fsp3) is 0.632. The summed E-state index contributed by atoms with van der Waals surface area (Å²) in [7, 11) is -4.24. The summed E-state index contributed by atoms with van der Waals surface area (Å²) in [5, 5.41) is 2.73. The Balaban J connectivity index is 1.88. The highest BCUT2D eigenvalue weighted by molar-refractivity contribution is 7.89. The van der Waals surface area contributed by atoms with Gasteiger partial charge in [-0.2, -0.15) is 13.2 Å². The molecule has 1 fully saturated rings. The molecule has 1 aliphatic heterocycles. The topological polar surface area (TPSA) is 78.5 Å². The highest BCUT2D eigenvalue weighted by atomic mass is 32.2. The van der Waals surface area contributed by atoms with E-state index in [1.54, 1.807) is 0 Å². The third kappa shape index (κ3) is 7.27. The standard InChI is InChI=1S/C19H28F3N3O3S/c1-13-7-14(2)11-25(10-13)12-15(3)24-18(26)9-23-29(27,28)17-6-4-5-16(8-17)19(20,21)22/h4-6,8,13-15,23H,7,9-12H2,1-3H3,(H,24,26). The summed E-state index contributed by atoms with van der Waals surface area (Å²) in [6.07, 6.45) is -3.48. The van der Waals surface area contributed by atoms with Crippen LogP contribution in [0.4, 0.5) is 13.2 Å². The highest BCUT2D eigenvalue weighted by Gasteiger charge is 2.31. The lowest BCUT2D eigenvalue weighted by molar-refractivity contribution is -0.137. The molecular weight excluding hydrogens is 407 g/mol. The number of likely N-dealkylation sites (tertiary alicyclic amines) is 1. The number of piperidine rings is 1. The van der Waals surface area contributed by atoms with Crippen molar-refractivity contribution in [1.29, 1.82) is 0 Å². The number of carbonyl (C=O) groups is 1. The van der Waals surface area contributed by atoms with Gasteiger partial charge in [-0.3, -0.25) is 4.79 Å². The maximum Gasteiger partial charge on any atom is 0.416 e. The molecule has 1 aromatic carbocycles. The van der Waals surface area contributed by atoms with Gasteiger partial charge in [0.05, 0.1) is 17.0 Å². The Morgan fingerprint density at radius 3 is 2.45 bits per heavy atom. The van der Waals surface area contributed by atoms with Crippen LogP contribution >= 0.6 is 0 Å². The SMILES string of the molecule is CC1CC(C)CN(CC(C)NC(=O)CNS(=O)(=O)c2cccc(C(F)(F)F)c2)C1. The van der Waals surface area contributed by atoms with Crippen LogP contribution in [0, 0.1) is 11.8 Å². The molecule has 3 unspecified atom stereocenters. The molecule has 3 atom stereocenters. The van der Waals surface area contributed by atoms with Crippen molar-refractivity contribution in [3.05, 3.63) is 29.8 Å². The zero-order chi connectivity index (χ0) is 21.8. The van der Waals surface area contributed by atoms with E-state index in [4.69, 9.17) is 0 Å². The van der Waals surface area contributed by atoms with Gasteiger partial charge in [0.2, 0.25) is 15.9 Å². The molecule has 1 aliphatic rings. The second-order valence-corrected chi connectivity index (χ2v) is 9.75. The molecule has 1 saturated heterocycles. The van der Waals surface area contributed by atoms with Crippen molar-refractivity contribution in [1.82, 2.24) is 14.9 Å². The van der Waals surface area contributed by atoms with Crippen LogP contribution in [0.2, 0.25) is 0 Å². The fourth-order valence-electron chi connectivity index (χ4n) is 3.78. The summed E-state index contributed by atoms with van der Waals surface area (Å²) in [5.41, 5.74) is -1.07. The van der Waals surface area contributed by atoms with Crippen molar-refractivity contribution in [3.8, 4) is 0 Å². The Kier molecular flexibility index (Phi) is 7.69. The summed E-state index contributed by atoms with van der Waals surface area (Å²) in [5.74, 6) is 0.632. The van der Waals surface area contributed by atoms with Crippen LogP contribution in [0.5, 0.6) is 0 Å². The molecule has 0 saturated carbocycles. The van der Waals surface area contributed by atoms with Gasteiger partial charge in [-0.1, -0.05) is 19.9 Å². The number of nitrogens with zero attached hydrogens (tertiary/aromatic N) is 1. The summed E-state index contributed by atoms with van der Waals surface area (Å²) in [6, 6.07) is 3.21. The normalized spacial score (nSPS) is 22.3. The molecule has 0 aromatic heterocycles. The monoisotopic (exact) mass is 435 g/mol. The molecule has 6 nitrogen and oxygen atoms in total. The van der Waals surface area contributed by atoms with E-state index in [1.165, 1.54) is 6.42 Å². The van der Waals surface area contributed by atoms with Crippen molar-refractivity contribution in [2.75, 3.05) is 26.2 Å². The zero-order valence-corrected chi connectivity index (χ0v) is 17.6. The number of rotatable bonds is 7. The smallest absolute Gasteiger partial charge is 0.351 e. The summed E-state index contributed by atoms with van der Waals surface area (Å²) in [4.78, 5) is 13.8. The molecule has 29 heavy (non-hydrogen) atoms. The average molecular weight is 436 g/mol. The van der Waals surface area contributed by atoms with Crippen LogP contribution in [-0.2, 0) is 21.0 Å². The predicted octanol–water partition coefficient (Wildman–Crippen LogP) is 2.47. The minimum atomic E-state index is -4.65. The molecule has 1 aromatic rings. The number of sulfonamides is 1. The van der Waals surface area contributed by atoms with Crippen LogP contribution in [0.1, 0.15) is 32.8 Å². The average Bonchev–Trinajstić information content (AvgIpc) is 2.58. The van der Waals surface area contributed by atoms with Gasteiger partial charge in [0.15, 0.2) is 0 Å². The lowest BCUT2D eigenvalue weighted by atomic mass is 9.92. The van der Waals surface area contributed by atoms with Crippen LogP contribution in [0.15, 0.2) is 29.2 Å². The molecule has 2 rings (SSSR count). The second-order valence-electron chi connectivity index (χ2n) is 7.98. The highest BCUT2D eigenvalue weighted by Crippen LogP contribution is 2.30. The molecule has 1 heterocycles. The van der Waals surface area contributed by atoms with Gasteiger partial charge in [0, 0.05) is 25.7 Å². The van der Waals surface area contributed by atoms with E-state index in [9.17, 15) is 26.4 Å². The molecule has 2 N–H and O–H groups in total. The summed E-state index contributed by atoms with van der Waals surface area (Å²) >= 11 is 0. The minimum Gasteiger partial charge on any atom is -0.351 e. The van der Waals surface area contributed by atoms with E-state index >= 15 is 0 Å². The maximum absolute atomic E-state index is 12.8. The van der Waals surface area contributed by atoms with E-state index < -0.39 is 39.1 Å². The number of nitrogens with one attached hydrogen (secondary N) is 2. The van der Waals surface area contributed by atoms with E-state index in [0.717, 1.165) is 31.3 Å². The molecule has 0 aliphatic carbocycles. The zero-order valence-electron chi connectivity index (χ0n) is 16.8. The van der Waals surface area contributed by atoms with Crippen molar-refractivity contribution >= 4 is 15.9 Å². The van der Waals surface area contributed by atoms with Gasteiger partial charge in [0.1, 0.15) is 0 Å². The fourth-order valence-corrected chi connectivity index (χ4v) is 4.81.